The van der Waals surface area contributed by atoms with Crippen molar-refractivity contribution in [3.05, 3.63) is 101 Å². The number of hydrogen-bond acceptors (Lipinski definition) is 6. The van der Waals surface area contributed by atoms with Gasteiger partial charge in [0, 0.05) is 66.2 Å². The van der Waals surface area contributed by atoms with Crippen molar-refractivity contribution in [2.75, 3.05) is 18.8 Å². The molecule has 1 aromatic heterocycles. The van der Waals surface area contributed by atoms with Crippen LogP contribution in [0.3, 0.4) is 0 Å². The highest BCUT2D eigenvalue weighted by Gasteiger charge is 2.66. The Morgan fingerprint density at radius 3 is 2.42 bits per heavy atom. The lowest BCUT2D eigenvalue weighted by Gasteiger charge is -2.57. The highest BCUT2D eigenvalue weighted by molar-refractivity contribution is 7.90. The van der Waals surface area contributed by atoms with E-state index < -0.39 is 39.7 Å². The summed E-state index contributed by atoms with van der Waals surface area (Å²) in [6.07, 6.45) is 0.651. The zero-order valence-corrected chi connectivity index (χ0v) is 32.8. The first-order valence-electron chi connectivity index (χ1n) is 20.0. The van der Waals surface area contributed by atoms with Gasteiger partial charge in [0.25, 0.3) is 5.91 Å². The molecule has 3 saturated heterocycles. The molecule has 4 aromatic rings. The standard InChI is InChI=1S/C44H47F3N4O5S/c1-27(2)56-33-14-16-34-36(21-33)37-22-43(37,42(53)51-31-20-32(51)25-49(24-31)23-28-9-5-3-6-10-28)26-50-38-19-30(41(52)48-57(54,55)18-17-44(45,46)47)13-15-35(38)39(40(34)50)29-11-7-4-8-12-29/h3,5-6,9-10,13-16,19,21,29,31-32,37H,1,4,7-8,11-12,17-18,20,22-26H2,2H3,(H,48,52). The Morgan fingerprint density at radius 2 is 1.72 bits per heavy atom. The first kappa shape index (κ1) is 37.9. The monoisotopic (exact) mass is 800 g/mol. The number of ether oxygens (including phenoxy) is 1. The van der Waals surface area contributed by atoms with Crippen LogP contribution >= 0.6 is 0 Å². The molecule has 3 aromatic carbocycles. The van der Waals surface area contributed by atoms with Crippen molar-refractivity contribution in [3.63, 3.8) is 0 Å². The minimum absolute atomic E-state index is 0.0201. The number of alkyl halides is 3. The summed E-state index contributed by atoms with van der Waals surface area (Å²) in [5.41, 5.74) is 5.44. The van der Waals surface area contributed by atoms with Crippen LogP contribution in [0.15, 0.2) is 79.1 Å². The van der Waals surface area contributed by atoms with E-state index in [0.717, 1.165) is 85.9 Å². The Kier molecular flexibility index (Phi) is 9.34. The Balaban J connectivity index is 1.12. The van der Waals surface area contributed by atoms with Gasteiger partial charge in [-0.15, -0.1) is 0 Å². The molecule has 2 bridgehead atoms. The summed E-state index contributed by atoms with van der Waals surface area (Å²) in [4.78, 5) is 33.2. The number of aromatic nitrogens is 1. The van der Waals surface area contributed by atoms with Crippen LogP contribution in [0.1, 0.15) is 97.2 Å². The van der Waals surface area contributed by atoms with E-state index >= 15 is 4.79 Å². The van der Waals surface area contributed by atoms with Gasteiger partial charge in [0.1, 0.15) is 5.75 Å². The lowest BCUT2D eigenvalue weighted by atomic mass is 9.81. The van der Waals surface area contributed by atoms with Gasteiger partial charge in [-0.05, 0) is 85.5 Å². The fourth-order valence-corrected chi connectivity index (χ4v) is 11.3. The van der Waals surface area contributed by atoms with Crippen LogP contribution in [0.4, 0.5) is 13.2 Å². The summed E-state index contributed by atoms with van der Waals surface area (Å²) < 4.78 is 74.0. The predicted octanol–water partition coefficient (Wildman–Crippen LogP) is 8.25. The highest BCUT2D eigenvalue weighted by atomic mass is 32.2. The summed E-state index contributed by atoms with van der Waals surface area (Å²) >= 11 is 0. The lowest BCUT2D eigenvalue weighted by molar-refractivity contribution is -0.161. The van der Waals surface area contributed by atoms with Crippen LogP contribution in [0.25, 0.3) is 22.2 Å². The molecular weight excluding hydrogens is 754 g/mol. The first-order valence-corrected chi connectivity index (χ1v) is 21.7. The molecule has 2 saturated carbocycles. The van der Waals surface area contributed by atoms with E-state index in [2.05, 4.69) is 45.2 Å². The van der Waals surface area contributed by atoms with Gasteiger partial charge >= 0.3 is 6.18 Å². The fraction of sp³-hybridized carbons (Fsp3) is 0.455. The minimum Gasteiger partial charge on any atom is -0.463 e. The Hall–Kier alpha value is -4.62. The van der Waals surface area contributed by atoms with Gasteiger partial charge in [-0.3, -0.25) is 14.5 Å². The van der Waals surface area contributed by atoms with Crippen molar-refractivity contribution in [2.45, 2.75) is 101 Å². The lowest BCUT2D eigenvalue weighted by Crippen LogP contribution is -2.71. The van der Waals surface area contributed by atoms with Crippen LogP contribution in [0.2, 0.25) is 0 Å². The molecule has 10 rings (SSSR count). The van der Waals surface area contributed by atoms with Crippen molar-refractivity contribution in [1.82, 2.24) is 19.1 Å². The number of piperazine rings is 1. The van der Waals surface area contributed by atoms with Crippen molar-refractivity contribution >= 4 is 32.7 Å². The quantitative estimate of drug-likeness (QED) is 0.162. The van der Waals surface area contributed by atoms with Crippen LogP contribution in [-0.4, -0.2) is 71.7 Å². The molecule has 1 N–H and O–H groups in total. The van der Waals surface area contributed by atoms with E-state index in [1.54, 1.807) is 19.1 Å². The highest BCUT2D eigenvalue weighted by Crippen LogP contribution is 2.67. The average molecular weight is 801 g/mol. The zero-order valence-electron chi connectivity index (χ0n) is 32.0. The molecular formula is C44H47F3N4O5S. The van der Waals surface area contributed by atoms with E-state index in [1.165, 1.54) is 5.56 Å². The molecule has 5 fully saturated rings. The number of piperidine rings is 1. The summed E-state index contributed by atoms with van der Waals surface area (Å²) in [7, 11) is -4.56. The summed E-state index contributed by atoms with van der Waals surface area (Å²) in [6, 6.07) is 21.7. The molecule has 0 radical (unpaired) electrons. The molecule has 4 unspecified atom stereocenters. The van der Waals surface area contributed by atoms with Crippen molar-refractivity contribution in [3.8, 4) is 17.0 Å². The Morgan fingerprint density at radius 1 is 0.982 bits per heavy atom. The fourth-order valence-electron chi connectivity index (χ4n) is 10.3. The van der Waals surface area contributed by atoms with Gasteiger partial charge < -0.3 is 14.2 Å². The molecule has 4 atom stereocenters. The van der Waals surface area contributed by atoms with Crippen LogP contribution in [0.5, 0.6) is 5.75 Å². The second-order valence-corrected chi connectivity index (χ2v) is 18.8. The number of carbonyl (C=O) groups is 2. The second-order valence-electron chi connectivity index (χ2n) is 16.9. The maximum absolute atomic E-state index is 15.2. The number of fused-ring (bicyclic) bond motifs is 9. The number of carbonyl (C=O) groups excluding carboxylic acids is 2. The van der Waals surface area contributed by atoms with Crippen molar-refractivity contribution in [2.24, 2.45) is 5.41 Å². The number of rotatable bonds is 10. The summed E-state index contributed by atoms with van der Waals surface area (Å²) in [6.45, 7) is 8.57. The molecule has 2 amide bonds. The van der Waals surface area contributed by atoms with E-state index in [1.807, 2.05) is 35.1 Å². The minimum atomic E-state index is -4.69. The van der Waals surface area contributed by atoms with Gasteiger partial charge in [-0.25, -0.2) is 13.1 Å². The van der Waals surface area contributed by atoms with Crippen molar-refractivity contribution in [1.29, 1.82) is 0 Å². The Labute approximate surface area is 330 Å². The SMILES string of the molecule is C=C(C)Oc1ccc2c(c1)C1CC1(C(=O)N1C3CC1CN(Cc1ccccc1)C3)Cn1c-2c(C2CCCCC2)c2ccc(C(=O)NS(=O)(=O)CCC(F)(F)F)cc21. The van der Waals surface area contributed by atoms with Crippen LogP contribution in [0, 0.1) is 5.41 Å². The number of sulfonamides is 1. The molecule has 0 spiro atoms. The molecule has 2 aliphatic carbocycles. The third kappa shape index (κ3) is 7.04. The van der Waals surface area contributed by atoms with Crippen LogP contribution in [-0.2, 0) is 27.9 Å². The van der Waals surface area contributed by atoms with E-state index in [4.69, 9.17) is 4.74 Å². The number of benzene rings is 3. The van der Waals surface area contributed by atoms with Gasteiger partial charge in [0.05, 0.1) is 29.0 Å². The number of halogens is 3. The van der Waals surface area contributed by atoms with Gasteiger partial charge in [0.15, 0.2) is 0 Å². The average Bonchev–Trinajstić information content (AvgIpc) is 3.84. The van der Waals surface area contributed by atoms with Crippen LogP contribution < -0.4 is 9.46 Å². The van der Waals surface area contributed by atoms with E-state index in [-0.39, 0.29) is 35.4 Å². The molecule has 6 aliphatic rings. The molecule has 4 aliphatic heterocycles. The van der Waals surface area contributed by atoms with Gasteiger partial charge in [-0.2, -0.15) is 13.2 Å². The number of allylic oxidation sites excluding steroid dienone is 1. The smallest absolute Gasteiger partial charge is 0.390 e. The number of amides is 2. The second kappa shape index (κ2) is 14.0. The maximum atomic E-state index is 15.2. The zero-order chi connectivity index (χ0) is 39.9. The maximum Gasteiger partial charge on any atom is 0.390 e. The Bertz CT molecular complexity index is 2380. The molecule has 13 heteroatoms. The van der Waals surface area contributed by atoms with E-state index in [9.17, 15) is 26.4 Å². The normalized spacial score (nSPS) is 24.4. The molecule has 57 heavy (non-hydrogen) atoms. The topological polar surface area (TPSA) is 101 Å². The summed E-state index contributed by atoms with van der Waals surface area (Å²) in [5, 5.41) is 0.931. The number of nitrogens with zero attached hydrogens (tertiary/aromatic N) is 3. The van der Waals surface area contributed by atoms with Crippen molar-refractivity contribution < 1.29 is 35.9 Å². The molecule has 9 nitrogen and oxygen atoms in total. The van der Waals surface area contributed by atoms with Gasteiger partial charge in [-0.1, -0.05) is 62.2 Å². The first-order chi connectivity index (χ1) is 27.2. The summed E-state index contributed by atoms with van der Waals surface area (Å²) in [5.74, 6) is -0.740. The third-order valence-corrected chi connectivity index (χ3v) is 14.2. The predicted molar refractivity (Wildman–Crippen MR) is 211 cm³/mol. The molecule has 5 heterocycles. The largest absolute Gasteiger partial charge is 0.463 e. The van der Waals surface area contributed by atoms with Gasteiger partial charge in [0.2, 0.25) is 15.9 Å². The third-order valence-electron chi connectivity index (χ3n) is 12.9. The molecule has 300 valence electrons. The number of nitrogens with one attached hydrogen (secondary N) is 1. The van der Waals surface area contributed by atoms with E-state index in [0.29, 0.717) is 30.0 Å². The number of hydrogen-bond donors (Lipinski definition) is 1.